The molecule has 0 spiro atoms. The summed E-state index contributed by atoms with van der Waals surface area (Å²) in [5.74, 6) is 0.0713. The summed E-state index contributed by atoms with van der Waals surface area (Å²) in [6.07, 6.45) is 1.24. The number of Topliss-reactive ketones (excluding diaryl/α,β-unsaturated/α-hetero) is 1. The zero-order valence-corrected chi connectivity index (χ0v) is 9.90. The van der Waals surface area contributed by atoms with Crippen molar-refractivity contribution in [1.29, 1.82) is 5.26 Å². The van der Waals surface area contributed by atoms with Gasteiger partial charge in [0.1, 0.15) is 11.8 Å². The van der Waals surface area contributed by atoms with Gasteiger partial charge in [-0.15, -0.1) is 0 Å². The molecule has 0 unspecified atom stereocenters. The van der Waals surface area contributed by atoms with Crippen molar-refractivity contribution in [3.63, 3.8) is 0 Å². The van der Waals surface area contributed by atoms with E-state index in [2.05, 4.69) is 11.2 Å². The molecule has 2 aromatic heterocycles. The minimum atomic E-state index is 0.0713. The summed E-state index contributed by atoms with van der Waals surface area (Å²) in [5.41, 5.74) is 2.71. The van der Waals surface area contributed by atoms with Crippen LogP contribution in [0.3, 0.4) is 0 Å². The van der Waals surface area contributed by atoms with E-state index in [1.807, 2.05) is 19.9 Å². The Labute approximate surface area is 99.5 Å². The van der Waals surface area contributed by atoms with Crippen molar-refractivity contribution < 1.29 is 4.79 Å². The molecule has 0 aliphatic carbocycles. The number of carbonyl (C=O) groups excluding carboxylic acids is 1. The Bertz CT molecular complexity index is 619. The number of rotatable bonds is 3. The molecular formula is C13H13N3O. The summed E-state index contributed by atoms with van der Waals surface area (Å²) in [6.45, 7) is 3.82. The molecule has 0 bridgehead atoms. The molecule has 0 radical (unpaired) electrons. The summed E-state index contributed by atoms with van der Waals surface area (Å²) >= 11 is 0. The summed E-state index contributed by atoms with van der Waals surface area (Å²) in [6, 6.07) is 7.31. The van der Waals surface area contributed by atoms with Gasteiger partial charge in [0.15, 0.2) is 5.78 Å². The fourth-order valence-electron chi connectivity index (χ4n) is 1.81. The van der Waals surface area contributed by atoms with Crippen LogP contribution in [-0.4, -0.2) is 15.4 Å². The quantitative estimate of drug-likeness (QED) is 0.756. The van der Waals surface area contributed by atoms with E-state index in [-0.39, 0.29) is 5.78 Å². The van der Waals surface area contributed by atoms with Gasteiger partial charge in [-0.1, -0.05) is 13.8 Å². The van der Waals surface area contributed by atoms with Crippen LogP contribution in [0.2, 0.25) is 0 Å². The molecule has 4 heteroatoms. The second kappa shape index (κ2) is 4.38. The standard InChI is InChI=1S/C13H13N3O/c1-3-9-7-12-11(13(17)4-2)6-5-10(8-14)16(12)15-9/h5-7H,3-4H2,1-2H3. The molecule has 2 aromatic rings. The predicted molar refractivity (Wildman–Crippen MR) is 63.9 cm³/mol. The Morgan fingerprint density at radius 2 is 2.24 bits per heavy atom. The highest BCUT2D eigenvalue weighted by Crippen LogP contribution is 2.17. The maximum absolute atomic E-state index is 11.8. The van der Waals surface area contributed by atoms with Crippen LogP contribution in [0.4, 0.5) is 0 Å². The molecule has 0 saturated carbocycles. The lowest BCUT2D eigenvalue weighted by molar-refractivity contribution is 0.0989. The van der Waals surface area contributed by atoms with Crippen molar-refractivity contribution in [3.05, 3.63) is 35.2 Å². The first kappa shape index (κ1) is 11.3. The van der Waals surface area contributed by atoms with Gasteiger partial charge in [0.25, 0.3) is 0 Å². The first-order chi connectivity index (χ1) is 8.21. The van der Waals surface area contributed by atoms with Crippen LogP contribution in [0, 0.1) is 11.3 Å². The van der Waals surface area contributed by atoms with Crippen LogP contribution in [0.5, 0.6) is 0 Å². The summed E-state index contributed by atoms with van der Waals surface area (Å²) in [4.78, 5) is 11.8. The minimum absolute atomic E-state index is 0.0713. The van der Waals surface area contributed by atoms with E-state index in [0.717, 1.165) is 17.6 Å². The third kappa shape index (κ3) is 1.80. The van der Waals surface area contributed by atoms with Gasteiger partial charge >= 0.3 is 0 Å². The Morgan fingerprint density at radius 1 is 1.47 bits per heavy atom. The maximum atomic E-state index is 11.8. The number of hydrogen-bond donors (Lipinski definition) is 0. The molecular weight excluding hydrogens is 214 g/mol. The fourth-order valence-corrected chi connectivity index (χ4v) is 1.81. The highest BCUT2D eigenvalue weighted by atomic mass is 16.1. The van der Waals surface area contributed by atoms with Gasteiger partial charge in [0, 0.05) is 12.0 Å². The average Bonchev–Trinajstić information content (AvgIpc) is 2.80. The summed E-state index contributed by atoms with van der Waals surface area (Å²) in [5, 5.41) is 13.3. The van der Waals surface area contributed by atoms with Crippen LogP contribution in [0.25, 0.3) is 5.52 Å². The number of hydrogen-bond acceptors (Lipinski definition) is 3. The molecule has 0 N–H and O–H groups in total. The Hall–Kier alpha value is -2.15. The number of aromatic nitrogens is 2. The lowest BCUT2D eigenvalue weighted by atomic mass is 10.1. The van der Waals surface area contributed by atoms with Crippen molar-refractivity contribution in [1.82, 2.24) is 9.61 Å². The van der Waals surface area contributed by atoms with Crippen LogP contribution in [0.15, 0.2) is 18.2 Å². The van der Waals surface area contributed by atoms with Crippen molar-refractivity contribution in [2.45, 2.75) is 26.7 Å². The molecule has 4 nitrogen and oxygen atoms in total. The Balaban J connectivity index is 2.76. The van der Waals surface area contributed by atoms with E-state index in [1.54, 1.807) is 16.6 Å². The maximum Gasteiger partial charge on any atom is 0.164 e. The van der Waals surface area contributed by atoms with Crippen LogP contribution in [-0.2, 0) is 6.42 Å². The van der Waals surface area contributed by atoms with Gasteiger partial charge in [0.05, 0.1) is 11.2 Å². The summed E-state index contributed by atoms with van der Waals surface area (Å²) in [7, 11) is 0. The number of nitrogens with zero attached hydrogens (tertiary/aromatic N) is 3. The molecule has 0 amide bonds. The second-order valence-electron chi connectivity index (χ2n) is 3.81. The van der Waals surface area contributed by atoms with Crippen LogP contribution >= 0.6 is 0 Å². The molecule has 0 aliphatic rings. The summed E-state index contributed by atoms with van der Waals surface area (Å²) < 4.78 is 1.56. The van der Waals surface area contributed by atoms with E-state index >= 15 is 0 Å². The molecule has 0 fully saturated rings. The highest BCUT2D eigenvalue weighted by molar-refractivity contribution is 6.02. The number of ketones is 1. The lowest BCUT2D eigenvalue weighted by Gasteiger charge is -2.02. The van der Waals surface area contributed by atoms with Crippen molar-refractivity contribution in [2.24, 2.45) is 0 Å². The number of fused-ring (bicyclic) bond motifs is 1. The molecule has 0 aromatic carbocycles. The molecule has 0 atom stereocenters. The first-order valence-corrected chi connectivity index (χ1v) is 5.66. The van der Waals surface area contributed by atoms with Gasteiger partial charge in [-0.3, -0.25) is 4.79 Å². The van der Waals surface area contributed by atoms with Gasteiger partial charge in [-0.05, 0) is 24.6 Å². The van der Waals surface area contributed by atoms with Gasteiger partial charge in [-0.2, -0.15) is 10.4 Å². The highest BCUT2D eigenvalue weighted by Gasteiger charge is 2.13. The number of pyridine rings is 1. The largest absolute Gasteiger partial charge is 0.294 e. The first-order valence-electron chi connectivity index (χ1n) is 5.66. The van der Waals surface area contributed by atoms with Crippen LogP contribution in [0.1, 0.15) is 42.0 Å². The minimum Gasteiger partial charge on any atom is -0.294 e. The lowest BCUT2D eigenvalue weighted by Crippen LogP contribution is -2.03. The average molecular weight is 227 g/mol. The van der Waals surface area contributed by atoms with Gasteiger partial charge < -0.3 is 0 Å². The van der Waals surface area contributed by atoms with E-state index < -0.39 is 0 Å². The predicted octanol–water partition coefficient (Wildman–Crippen LogP) is 2.36. The van der Waals surface area contributed by atoms with Crippen molar-refractivity contribution >= 4 is 11.3 Å². The van der Waals surface area contributed by atoms with E-state index in [1.165, 1.54) is 0 Å². The Kier molecular flexibility index (Phi) is 2.92. The topological polar surface area (TPSA) is 58.2 Å². The third-order valence-electron chi connectivity index (χ3n) is 2.77. The Morgan fingerprint density at radius 3 is 2.82 bits per heavy atom. The van der Waals surface area contributed by atoms with Crippen molar-refractivity contribution in [3.8, 4) is 6.07 Å². The van der Waals surface area contributed by atoms with E-state index in [4.69, 9.17) is 5.26 Å². The molecule has 86 valence electrons. The van der Waals surface area contributed by atoms with E-state index in [0.29, 0.717) is 17.7 Å². The third-order valence-corrected chi connectivity index (χ3v) is 2.77. The molecule has 0 saturated heterocycles. The van der Waals surface area contributed by atoms with E-state index in [9.17, 15) is 4.79 Å². The second-order valence-corrected chi connectivity index (χ2v) is 3.81. The normalized spacial score (nSPS) is 10.4. The molecule has 2 rings (SSSR count). The van der Waals surface area contributed by atoms with Gasteiger partial charge in [-0.25, -0.2) is 4.52 Å². The van der Waals surface area contributed by atoms with Gasteiger partial charge in [0.2, 0.25) is 0 Å². The zero-order chi connectivity index (χ0) is 12.4. The van der Waals surface area contributed by atoms with Crippen LogP contribution < -0.4 is 0 Å². The monoisotopic (exact) mass is 227 g/mol. The zero-order valence-electron chi connectivity index (χ0n) is 9.90. The fraction of sp³-hybridized carbons (Fsp3) is 0.308. The SMILES string of the molecule is CCC(=O)c1ccc(C#N)n2nc(CC)cc12. The number of nitriles is 1. The molecule has 0 aliphatic heterocycles. The number of aryl methyl sites for hydroxylation is 1. The van der Waals surface area contributed by atoms with Crippen molar-refractivity contribution in [2.75, 3.05) is 0 Å². The number of carbonyl (C=O) groups is 1. The molecule has 2 heterocycles. The smallest absolute Gasteiger partial charge is 0.164 e. The molecule has 17 heavy (non-hydrogen) atoms.